The van der Waals surface area contributed by atoms with Gasteiger partial charge in [0.15, 0.2) is 0 Å². The quantitative estimate of drug-likeness (QED) is 0.421. The Kier molecular flexibility index (Phi) is 8.17. The predicted octanol–water partition coefficient (Wildman–Crippen LogP) is 4.62. The number of aryl methyl sites for hydroxylation is 2. The number of rotatable bonds is 9. The van der Waals surface area contributed by atoms with Crippen LogP contribution in [0.15, 0.2) is 71.6 Å². The van der Waals surface area contributed by atoms with Crippen molar-refractivity contribution in [3.8, 4) is 11.5 Å². The van der Waals surface area contributed by atoms with Gasteiger partial charge in [-0.1, -0.05) is 35.9 Å². The Labute approximate surface area is 220 Å². The first-order valence-corrected chi connectivity index (χ1v) is 13.3. The number of carbonyl (C=O) groups is 1. The second-order valence-electron chi connectivity index (χ2n) is 8.90. The van der Waals surface area contributed by atoms with Gasteiger partial charge in [-0.05, 0) is 49.7 Å². The Balaban J connectivity index is 1.53. The van der Waals surface area contributed by atoms with Gasteiger partial charge in [0.2, 0.25) is 0 Å². The first-order chi connectivity index (χ1) is 18.1. The molecule has 8 nitrogen and oxygen atoms in total. The van der Waals surface area contributed by atoms with Gasteiger partial charge in [0.25, 0.3) is 15.9 Å². The fourth-order valence-corrected chi connectivity index (χ4v) is 5.50. The number of carbonyl (C=O) groups excluding carboxylic acids is 1. The zero-order valence-corrected chi connectivity index (χ0v) is 21.9. The minimum Gasteiger partial charge on any atom is -0.495 e. The van der Waals surface area contributed by atoms with Gasteiger partial charge >= 0.3 is 6.61 Å². The number of sulfonamides is 1. The largest absolute Gasteiger partial charge is 0.495 e. The summed E-state index contributed by atoms with van der Waals surface area (Å²) in [6.07, 6.45) is -1.99. The van der Waals surface area contributed by atoms with Gasteiger partial charge in [0, 0.05) is 11.6 Å². The average molecular weight is 547 g/mol. The first kappa shape index (κ1) is 27.3. The Morgan fingerprint density at radius 1 is 1.00 bits per heavy atom. The summed E-state index contributed by atoms with van der Waals surface area (Å²) >= 11 is 0. The molecule has 2 atom stereocenters. The molecule has 202 valence electrons. The third kappa shape index (κ3) is 6.22. The molecule has 38 heavy (non-hydrogen) atoms. The number of likely N-dealkylation sites (tertiary alicyclic amines) is 1. The van der Waals surface area contributed by atoms with E-state index in [0.29, 0.717) is 5.56 Å². The van der Waals surface area contributed by atoms with Crippen molar-refractivity contribution < 1.29 is 36.2 Å². The molecular weight excluding hydrogens is 518 g/mol. The lowest BCUT2D eigenvalue weighted by Gasteiger charge is -2.20. The van der Waals surface area contributed by atoms with E-state index in [2.05, 4.69) is 4.72 Å². The molecule has 0 saturated carbocycles. The number of para-hydroxylation sites is 1. The third-order valence-corrected chi connectivity index (χ3v) is 7.56. The molecule has 0 aromatic heterocycles. The summed E-state index contributed by atoms with van der Waals surface area (Å²) < 4.78 is 70.6. The number of hydrogen-bond acceptors (Lipinski definition) is 6. The van der Waals surface area contributed by atoms with Crippen molar-refractivity contribution in [2.75, 3.05) is 24.9 Å². The molecule has 1 amide bonds. The lowest BCUT2D eigenvalue weighted by molar-refractivity contribution is -0.173. The normalized spacial score (nSPS) is 17.5. The smallest absolute Gasteiger partial charge is 0.345 e. The summed E-state index contributed by atoms with van der Waals surface area (Å²) in [6.45, 7) is 0.550. The molecule has 1 N–H and O–H groups in total. The standard InChI is InChI=1S/C27H28F2N2O6S/c1-17-11-12-18(2)21(13-17)26(32)31-15-23(24(16-31)37-27(28)29)36-20-8-6-7-19(14-20)30-38(33,34)25-10-5-4-9-22(25)35-3/h4-14,23-24,27,30H,15-16H2,1-3H3. The van der Waals surface area contributed by atoms with Gasteiger partial charge in [-0.2, -0.15) is 8.78 Å². The molecule has 0 spiro atoms. The van der Waals surface area contributed by atoms with Crippen molar-refractivity contribution in [2.24, 2.45) is 0 Å². The third-order valence-electron chi connectivity index (χ3n) is 6.14. The molecule has 1 aliphatic rings. The molecule has 11 heteroatoms. The number of benzene rings is 3. The SMILES string of the molecule is COc1ccccc1S(=O)(=O)Nc1cccc(OC2CN(C(=O)c3cc(C)ccc3C)CC2OC(F)F)c1. The number of hydrogen-bond donors (Lipinski definition) is 1. The maximum Gasteiger partial charge on any atom is 0.345 e. The van der Waals surface area contributed by atoms with Crippen molar-refractivity contribution in [1.82, 2.24) is 4.90 Å². The summed E-state index contributed by atoms with van der Waals surface area (Å²) in [5, 5.41) is 0. The topological polar surface area (TPSA) is 94.2 Å². The maximum atomic E-state index is 13.2. The number of nitrogens with one attached hydrogen (secondary N) is 1. The fourth-order valence-electron chi connectivity index (χ4n) is 4.28. The van der Waals surface area contributed by atoms with Gasteiger partial charge in [-0.15, -0.1) is 0 Å². The number of amides is 1. The van der Waals surface area contributed by atoms with Crippen LogP contribution in [0, 0.1) is 13.8 Å². The molecule has 3 aromatic rings. The van der Waals surface area contributed by atoms with E-state index in [1.165, 1.54) is 36.3 Å². The van der Waals surface area contributed by atoms with E-state index >= 15 is 0 Å². The highest BCUT2D eigenvalue weighted by Gasteiger charge is 2.40. The Bertz CT molecular complexity index is 1420. The van der Waals surface area contributed by atoms with E-state index in [0.717, 1.165) is 11.1 Å². The molecule has 1 saturated heterocycles. The Hall–Kier alpha value is -3.70. The summed E-state index contributed by atoms with van der Waals surface area (Å²) in [7, 11) is -2.62. The molecular formula is C27H28F2N2O6S. The molecule has 3 aromatic carbocycles. The number of nitrogens with zero attached hydrogens (tertiary/aromatic N) is 1. The molecule has 0 bridgehead atoms. The van der Waals surface area contributed by atoms with Crippen molar-refractivity contribution in [1.29, 1.82) is 0 Å². The van der Waals surface area contributed by atoms with Crippen LogP contribution in [0.2, 0.25) is 0 Å². The van der Waals surface area contributed by atoms with Crippen molar-refractivity contribution in [2.45, 2.75) is 37.6 Å². The lowest BCUT2D eigenvalue weighted by Crippen LogP contribution is -2.34. The molecule has 1 heterocycles. The predicted molar refractivity (Wildman–Crippen MR) is 137 cm³/mol. The van der Waals surface area contributed by atoms with Crippen molar-refractivity contribution in [3.63, 3.8) is 0 Å². The molecule has 0 aliphatic carbocycles. The van der Waals surface area contributed by atoms with E-state index < -0.39 is 28.8 Å². The minimum atomic E-state index is -3.99. The van der Waals surface area contributed by atoms with E-state index in [-0.39, 0.29) is 41.1 Å². The van der Waals surface area contributed by atoms with Crippen LogP contribution in [0.4, 0.5) is 14.5 Å². The van der Waals surface area contributed by atoms with Crippen LogP contribution in [-0.4, -0.2) is 58.2 Å². The van der Waals surface area contributed by atoms with Crippen LogP contribution in [0.3, 0.4) is 0 Å². The molecule has 1 fully saturated rings. The summed E-state index contributed by atoms with van der Waals surface area (Å²) in [5.41, 5.74) is 2.35. The number of ether oxygens (including phenoxy) is 3. The van der Waals surface area contributed by atoms with Gasteiger partial charge in [-0.3, -0.25) is 9.52 Å². The van der Waals surface area contributed by atoms with E-state index in [1.807, 2.05) is 19.1 Å². The first-order valence-electron chi connectivity index (χ1n) is 11.8. The number of halogens is 2. The van der Waals surface area contributed by atoms with E-state index in [4.69, 9.17) is 14.2 Å². The zero-order chi connectivity index (χ0) is 27.4. The highest BCUT2D eigenvalue weighted by atomic mass is 32.2. The Morgan fingerprint density at radius 3 is 2.47 bits per heavy atom. The van der Waals surface area contributed by atoms with Crippen molar-refractivity contribution in [3.05, 3.63) is 83.4 Å². The molecule has 0 radical (unpaired) electrons. The summed E-state index contributed by atoms with van der Waals surface area (Å²) in [6, 6.07) is 17.7. The average Bonchev–Trinajstić information content (AvgIpc) is 3.26. The monoisotopic (exact) mass is 546 g/mol. The zero-order valence-electron chi connectivity index (χ0n) is 21.1. The van der Waals surface area contributed by atoms with Crippen LogP contribution in [0.25, 0.3) is 0 Å². The summed E-state index contributed by atoms with van der Waals surface area (Å²) in [4.78, 5) is 14.6. The van der Waals surface area contributed by atoms with Gasteiger partial charge in [0.05, 0.1) is 25.9 Å². The minimum absolute atomic E-state index is 0.0147. The van der Waals surface area contributed by atoms with Crippen LogP contribution in [0.5, 0.6) is 11.5 Å². The van der Waals surface area contributed by atoms with Crippen LogP contribution < -0.4 is 14.2 Å². The van der Waals surface area contributed by atoms with Gasteiger partial charge in [-0.25, -0.2) is 8.42 Å². The maximum absolute atomic E-state index is 13.2. The Morgan fingerprint density at radius 2 is 1.74 bits per heavy atom. The second kappa shape index (κ2) is 11.4. The molecule has 4 rings (SSSR count). The van der Waals surface area contributed by atoms with E-state index in [9.17, 15) is 22.0 Å². The highest BCUT2D eigenvalue weighted by molar-refractivity contribution is 7.92. The van der Waals surface area contributed by atoms with Gasteiger partial charge < -0.3 is 19.1 Å². The molecule has 1 aliphatic heterocycles. The lowest BCUT2D eigenvalue weighted by atomic mass is 10.0. The van der Waals surface area contributed by atoms with Gasteiger partial charge in [0.1, 0.15) is 28.6 Å². The van der Waals surface area contributed by atoms with Crippen LogP contribution in [0.1, 0.15) is 21.5 Å². The van der Waals surface area contributed by atoms with Crippen LogP contribution >= 0.6 is 0 Å². The highest BCUT2D eigenvalue weighted by Crippen LogP contribution is 2.29. The fraction of sp³-hybridized carbons (Fsp3) is 0.296. The van der Waals surface area contributed by atoms with Crippen molar-refractivity contribution >= 4 is 21.6 Å². The van der Waals surface area contributed by atoms with E-state index in [1.54, 1.807) is 37.3 Å². The number of alkyl halides is 2. The summed E-state index contributed by atoms with van der Waals surface area (Å²) in [5.74, 6) is 0.0940. The van der Waals surface area contributed by atoms with Crippen LogP contribution in [-0.2, 0) is 14.8 Å². The molecule has 2 unspecified atom stereocenters. The second-order valence-corrected chi connectivity index (χ2v) is 10.6. The number of anilines is 1. The number of methoxy groups -OCH3 is 1.